The Labute approximate surface area is 112 Å². The summed E-state index contributed by atoms with van der Waals surface area (Å²) in [5.74, 6) is -0.178. The van der Waals surface area contributed by atoms with E-state index in [0.717, 1.165) is 5.56 Å². The first kappa shape index (κ1) is 13.3. The molecule has 2 aromatic carbocycles. The van der Waals surface area contributed by atoms with Gasteiger partial charge in [0.25, 0.3) is 5.91 Å². The summed E-state index contributed by atoms with van der Waals surface area (Å²) in [5.41, 5.74) is 1.39. The van der Waals surface area contributed by atoms with E-state index in [4.69, 9.17) is 0 Å². The standard InChI is InChI=1S/C16H17NO2/c1-12(15(18)13-8-4-2-5-9-13)17-16(19)14-10-6-3-7-11-14/h2-12,15,18H,1H3,(H,17,19)/t12-,15-/m0/s1. The third-order valence-electron chi connectivity index (χ3n) is 3.01. The fraction of sp³-hybridized carbons (Fsp3) is 0.188. The van der Waals surface area contributed by atoms with Crippen LogP contribution < -0.4 is 5.32 Å². The van der Waals surface area contributed by atoms with Crippen LogP contribution in [-0.4, -0.2) is 17.1 Å². The number of nitrogens with one attached hydrogen (secondary N) is 1. The van der Waals surface area contributed by atoms with E-state index in [2.05, 4.69) is 5.32 Å². The van der Waals surface area contributed by atoms with Gasteiger partial charge in [0.2, 0.25) is 0 Å². The molecule has 0 aliphatic rings. The van der Waals surface area contributed by atoms with Crippen molar-refractivity contribution >= 4 is 5.91 Å². The van der Waals surface area contributed by atoms with Crippen molar-refractivity contribution in [3.8, 4) is 0 Å². The molecular formula is C16H17NO2. The summed E-state index contributed by atoms with van der Waals surface area (Å²) >= 11 is 0. The Morgan fingerprint density at radius 3 is 2.11 bits per heavy atom. The normalized spacial score (nSPS) is 13.6. The number of carbonyl (C=O) groups is 1. The number of hydrogen-bond donors (Lipinski definition) is 2. The van der Waals surface area contributed by atoms with Gasteiger partial charge >= 0.3 is 0 Å². The zero-order chi connectivity index (χ0) is 13.7. The SMILES string of the molecule is C[C@H](NC(=O)c1ccccc1)[C@H](O)c1ccccc1. The van der Waals surface area contributed by atoms with E-state index >= 15 is 0 Å². The van der Waals surface area contributed by atoms with Gasteiger partial charge in [-0.25, -0.2) is 0 Å². The minimum absolute atomic E-state index is 0.178. The van der Waals surface area contributed by atoms with Crippen LogP contribution in [0.4, 0.5) is 0 Å². The highest BCUT2D eigenvalue weighted by molar-refractivity contribution is 5.94. The zero-order valence-corrected chi connectivity index (χ0v) is 10.8. The molecule has 1 amide bonds. The van der Waals surface area contributed by atoms with Crippen LogP contribution in [0, 0.1) is 0 Å². The number of aliphatic hydroxyl groups is 1. The quantitative estimate of drug-likeness (QED) is 0.882. The highest BCUT2D eigenvalue weighted by atomic mass is 16.3. The fourth-order valence-corrected chi connectivity index (χ4v) is 1.90. The molecule has 3 heteroatoms. The largest absolute Gasteiger partial charge is 0.386 e. The topological polar surface area (TPSA) is 49.3 Å². The highest BCUT2D eigenvalue weighted by Crippen LogP contribution is 2.16. The van der Waals surface area contributed by atoms with Crippen LogP contribution >= 0.6 is 0 Å². The Bertz CT molecular complexity index is 525. The molecule has 0 fully saturated rings. The summed E-state index contributed by atoms with van der Waals surface area (Å²) in [6.07, 6.45) is -0.714. The molecule has 0 aromatic heterocycles. The van der Waals surface area contributed by atoms with Gasteiger partial charge in [-0.3, -0.25) is 4.79 Å². The van der Waals surface area contributed by atoms with E-state index in [-0.39, 0.29) is 11.9 Å². The third kappa shape index (κ3) is 3.42. The highest BCUT2D eigenvalue weighted by Gasteiger charge is 2.18. The molecule has 2 atom stereocenters. The minimum atomic E-state index is -0.714. The van der Waals surface area contributed by atoms with Crippen LogP contribution in [0.1, 0.15) is 28.9 Å². The van der Waals surface area contributed by atoms with E-state index in [1.807, 2.05) is 48.5 Å². The molecule has 0 aliphatic heterocycles. The van der Waals surface area contributed by atoms with Crippen molar-refractivity contribution in [1.82, 2.24) is 5.32 Å². The molecule has 98 valence electrons. The first-order valence-corrected chi connectivity index (χ1v) is 6.27. The van der Waals surface area contributed by atoms with Crippen LogP contribution in [-0.2, 0) is 0 Å². The summed E-state index contributed by atoms with van der Waals surface area (Å²) in [6, 6.07) is 17.9. The van der Waals surface area contributed by atoms with Crippen LogP contribution in [0.5, 0.6) is 0 Å². The average Bonchev–Trinajstić information content (AvgIpc) is 2.48. The lowest BCUT2D eigenvalue weighted by molar-refractivity contribution is 0.0852. The van der Waals surface area contributed by atoms with Gasteiger partial charge in [0.05, 0.1) is 12.1 Å². The van der Waals surface area contributed by atoms with E-state index in [1.54, 1.807) is 19.1 Å². The predicted octanol–water partition coefficient (Wildman–Crippen LogP) is 2.54. The van der Waals surface area contributed by atoms with Gasteiger partial charge in [-0.05, 0) is 24.6 Å². The summed E-state index contributed by atoms with van der Waals surface area (Å²) < 4.78 is 0. The first-order chi connectivity index (χ1) is 9.18. The Kier molecular flexibility index (Phi) is 4.31. The molecule has 0 saturated carbocycles. The van der Waals surface area contributed by atoms with Crippen LogP contribution in [0.2, 0.25) is 0 Å². The molecule has 0 aliphatic carbocycles. The van der Waals surface area contributed by atoms with Gasteiger partial charge in [-0.15, -0.1) is 0 Å². The van der Waals surface area contributed by atoms with Crippen molar-refractivity contribution in [2.24, 2.45) is 0 Å². The molecule has 0 bridgehead atoms. The van der Waals surface area contributed by atoms with Crippen LogP contribution in [0.3, 0.4) is 0 Å². The Morgan fingerprint density at radius 2 is 1.53 bits per heavy atom. The molecule has 0 spiro atoms. The summed E-state index contributed by atoms with van der Waals surface area (Å²) in [7, 11) is 0. The average molecular weight is 255 g/mol. The maximum absolute atomic E-state index is 12.0. The van der Waals surface area contributed by atoms with Gasteiger partial charge in [0, 0.05) is 5.56 Å². The van der Waals surface area contributed by atoms with E-state index in [1.165, 1.54) is 0 Å². The van der Waals surface area contributed by atoms with Crippen molar-refractivity contribution in [3.05, 3.63) is 71.8 Å². The molecule has 2 rings (SSSR count). The van der Waals surface area contributed by atoms with E-state index in [9.17, 15) is 9.90 Å². The number of hydrogen-bond acceptors (Lipinski definition) is 2. The molecular weight excluding hydrogens is 238 g/mol. The minimum Gasteiger partial charge on any atom is -0.386 e. The molecule has 0 saturated heterocycles. The Hall–Kier alpha value is -2.13. The maximum Gasteiger partial charge on any atom is 0.251 e. The molecule has 0 radical (unpaired) electrons. The molecule has 2 N–H and O–H groups in total. The first-order valence-electron chi connectivity index (χ1n) is 6.27. The fourth-order valence-electron chi connectivity index (χ4n) is 1.90. The van der Waals surface area contributed by atoms with E-state index < -0.39 is 6.10 Å². The predicted molar refractivity (Wildman–Crippen MR) is 74.8 cm³/mol. The van der Waals surface area contributed by atoms with Gasteiger partial charge in [-0.2, -0.15) is 0 Å². The summed E-state index contributed by atoms with van der Waals surface area (Å²) in [6.45, 7) is 1.79. The lowest BCUT2D eigenvalue weighted by atomic mass is 10.0. The van der Waals surface area contributed by atoms with Gasteiger partial charge in [-0.1, -0.05) is 48.5 Å². The van der Waals surface area contributed by atoms with E-state index in [0.29, 0.717) is 5.56 Å². The number of amides is 1. The molecule has 19 heavy (non-hydrogen) atoms. The lowest BCUT2D eigenvalue weighted by Gasteiger charge is -2.20. The second-order valence-corrected chi connectivity index (χ2v) is 4.48. The van der Waals surface area contributed by atoms with Gasteiger partial charge < -0.3 is 10.4 Å². The smallest absolute Gasteiger partial charge is 0.251 e. The summed E-state index contributed by atoms with van der Waals surface area (Å²) in [5, 5.41) is 13.0. The third-order valence-corrected chi connectivity index (χ3v) is 3.01. The summed E-state index contributed by atoms with van der Waals surface area (Å²) in [4.78, 5) is 12.0. The lowest BCUT2D eigenvalue weighted by Crippen LogP contribution is -2.37. The van der Waals surface area contributed by atoms with Crippen molar-refractivity contribution in [2.45, 2.75) is 19.1 Å². The molecule has 3 nitrogen and oxygen atoms in total. The van der Waals surface area contributed by atoms with Crippen molar-refractivity contribution < 1.29 is 9.90 Å². The molecule has 0 unspecified atom stereocenters. The number of benzene rings is 2. The van der Waals surface area contributed by atoms with Crippen molar-refractivity contribution in [1.29, 1.82) is 0 Å². The monoisotopic (exact) mass is 255 g/mol. The maximum atomic E-state index is 12.0. The number of carbonyl (C=O) groups excluding carboxylic acids is 1. The second kappa shape index (κ2) is 6.16. The Balaban J connectivity index is 2.02. The number of rotatable bonds is 4. The molecule has 2 aromatic rings. The number of aliphatic hydroxyl groups excluding tert-OH is 1. The van der Waals surface area contributed by atoms with Crippen molar-refractivity contribution in [2.75, 3.05) is 0 Å². The van der Waals surface area contributed by atoms with Crippen molar-refractivity contribution in [3.63, 3.8) is 0 Å². The van der Waals surface area contributed by atoms with Gasteiger partial charge in [0.15, 0.2) is 0 Å². The van der Waals surface area contributed by atoms with Gasteiger partial charge in [0.1, 0.15) is 0 Å². The zero-order valence-electron chi connectivity index (χ0n) is 10.8. The van der Waals surface area contributed by atoms with Crippen LogP contribution in [0.15, 0.2) is 60.7 Å². The molecule has 0 heterocycles. The Morgan fingerprint density at radius 1 is 1.00 bits per heavy atom. The van der Waals surface area contributed by atoms with Crippen LogP contribution in [0.25, 0.3) is 0 Å². The second-order valence-electron chi connectivity index (χ2n) is 4.48.